The number of guanidine groups is 1. The second-order valence-electron chi connectivity index (χ2n) is 4.73. The van der Waals surface area contributed by atoms with Gasteiger partial charge < -0.3 is 20.4 Å². The zero-order valence-electron chi connectivity index (χ0n) is 12.8. The first-order valence-corrected chi connectivity index (χ1v) is 6.88. The highest BCUT2D eigenvalue weighted by molar-refractivity contribution is 14.0. The highest BCUT2D eigenvalue weighted by Crippen LogP contribution is 1.99. The molecular weight excluding hydrogens is 383 g/mol. The Hall–Kier alpha value is -1.25. The Morgan fingerprint density at radius 1 is 1.33 bits per heavy atom. The number of hydrogen-bond donors (Lipinski definition) is 3. The number of rotatable bonds is 7. The standard InChI is InChI=1S/C14H24N4O2.HI/c1-11(2)18-13(19)7-9-17-14(15-3)16-8-6-12-5-4-10-20-12;/h4-5,10-11H,6-9H2,1-3H3,(H,18,19)(H2,15,16,17);1H. The second kappa shape index (κ2) is 11.4. The van der Waals surface area contributed by atoms with Crippen LogP contribution >= 0.6 is 24.0 Å². The average molecular weight is 408 g/mol. The highest BCUT2D eigenvalue weighted by atomic mass is 127. The summed E-state index contributed by atoms with van der Waals surface area (Å²) in [6.45, 7) is 5.17. The first-order valence-electron chi connectivity index (χ1n) is 6.88. The van der Waals surface area contributed by atoms with E-state index in [4.69, 9.17) is 4.42 Å². The summed E-state index contributed by atoms with van der Waals surface area (Å²) in [6.07, 6.45) is 2.88. The lowest BCUT2D eigenvalue weighted by atomic mass is 10.3. The molecule has 1 aromatic rings. The zero-order chi connectivity index (χ0) is 14.8. The molecule has 120 valence electrons. The summed E-state index contributed by atoms with van der Waals surface area (Å²) in [5.41, 5.74) is 0. The van der Waals surface area contributed by atoms with Gasteiger partial charge in [-0.2, -0.15) is 0 Å². The summed E-state index contributed by atoms with van der Waals surface area (Å²) in [4.78, 5) is 15.6. The number of carbonyl (C=O) groups is 1. The monoisotopic (exact) mass is 408 g/mol. The molecule has 6 nitrogen and oxygen atoms in total. The van der Waals surface area contributed by atoms with Gasteiger partial charge in [-0.3, -0.25) is 9.79 Å². The van der Waals surface area contributed by atoms with Gasteiger partial charge in [0, 0.05) is 39.0 Å². The van der Waals surface area contributed by atoms with Crippen molar-refractivity contribution >= 4 is 35.8 Å². The van der Waals surface area contributed by atoms with E-state index in [-0.39, 0.29) is 35.9 Å². The number of hydrogen-bond acceptors (Lipinski definition) is 3. The third-order valence-corrected chi connectivity index (χ3v) is 2.56. The Morgan fingerprint density at radius 3 is 2.62 bits per heavy atom. The number of nitrogens with one attached hydrogen (secondary N) is 3. The van der Waals surface area contributed by atoms with E-state index < -0.39 is 0 Å². The molecule has 0 aliphatic rings. The molecule has 0 atom stereocenters. The van der Waals surface area contributed by atoms with Crippen LogP contribution in [0.1, 0.15) is 26.0 Å². The SMILES string of the molecule is CN=C(NCCC(=O)NC(C)C)NCCc1ccco1.I. The van der Waals surface area contributed by atoms with Crippen LogP contribution in [0.2, 0.25) is 0 Å². The van der Waals surface area contributed by atoms with Gasteiger partial charge in [0.2, 0.25) is 5.91 Å². The molecule has 1 aromatic heterocycles. The third kappa shape index (κ3) is 9.33. The molecule has 7 heteroatoms. The van der Waals surface area contributed by atoms with Crippen LogP contribution in [0.4, 0.5) is 0 Å². The van der Waals surface area contributed by atoms with Gasteiger partial charge in [0.05, 0.1) is 6.26 Å². The lowest BCUT2D eigenvalue weighted by Crippen LogP contribution is -2.40. The lowest BCUT2D eigenvalue weighted by molar-refractivity contribution is -0.121. The van der Waals surface area contributed by atoms with E-state index in [1.54, 1.807) is 13.3 Å². The van der Waals surface area contributed by atoms with Crippen LogP contribution in [0.15, 0.2) is 27.8 Å². The number of halogens is 1. The smallest absolute Gasteiger partial charge is 0.221 e. The van der Waals surface area contributed by atoms with E-state index in [9.17, 15) is 4.79 Å². The van der Waals surface area contributed by atoms with Crippen molar-refractivity contribution in [1.82, 2.24) is 16.0 Å². The van der Waals surface area contributed by atoms with Crippen molar-refractivity contribution in [3.05, 3.63) is 24.2 Å². The molecule has 0 saturated heterocycles. The maximum atomic E-state index is 11.5. The average Bonchev–Trinajstić information content (AvgIpc) is 2.89. The molecule has 1 amide bonds. The summed E-state index contributed by atoms with van der Waals surface area (Å²) >= 11 is 0. The van der Waals surface area contributed by atoms with E-state index in [1.165, 1.54) is 0 Å². The fourth-order valence-corrected chi connectivity index (χ4v) is 1.67. The zero-order valence-corrected chi connectivity index (χ0v) is 15.1. The number of furan rings is 1. The van der Waals surface area contributed by atoms with Gasteiger partial charge in [0.1, 0.15) is 5.76 Å². The van der Waals surface area contributed by atoms with Gasteiger partial charge in [-0.15, -0.1) is 24.0 Å². The minimum absolute atomic E-state index is 0. The van der Waals surface area contributed by atoms with E-state index in [0.717, 1.165) is 18.7 Å². The van der Waals surface area contributed by atoms with Crippen molar-refractivity contribution in [1.29, 1.82) is 0 Å². The summed E-state index contributed by atoms with van der Waals surface area (Å²) in [6, 6.07) is 3.98. The molecule has 0 aromatic carbocycles. The minimum atomic E-state index is 0. The number of nitrogens with zero attached hydrogens (tertiary/aromatic N) is 1. The normalized spacial score (nSPS) is 11.0. The minimum Gasteiger partial charge on any atom is -0.469 e. The molecule has 0 aliphatic heterocycles. The van der Waals surface area contributed by atoms with Crippen molar-refractivity contribution < 1.29 is 9.21 Å². The second-order valence-corrected chi connectivity index (χ2v) is 4.73. The van der Waals surface area contributed by atoms with Gasteiger partial charge in [-0.25, -0.2) is 0 Å². The van der Waals surface area contributed by atoms with Gasteiger partial charge in [-0.1, -0.05) is 0 Å². The van der Waals surface area contributed by atoms with Crippen LogP contribution < -0.4 is 16.0 Å². The molecule has 1 rings (SSSR count). The van der Waals surface area contributed by atoms with E-state index >= 15 is 0 Å². The number of aliphatic imine (C=N–C) groups is 1. The predicted molar refractivity (Wildman–Crippen MR) is 95.1 cm³/mol. The molecule has 21 heavy (non-hydrogen) atoms. The molecule has 0 unspecified atom stereocenters. The fourth-order valence-electron chi connectivity index (χ4n) is 1.67. The van der Waals surface area contributed by atoms with Gasteiger partial charge >= 0.3 is 0 Å². The summed E-state index contributed by atoms with van der Waals surface area (Å²) in [7, 11) is 1.70. The molecule has 0 bridgehead atoms. The maximum absolute atomic E-state index is 11.5. The summed E-state index contributed by atoms with van der Waals surface area (Å²) in [5.74, 6) is 1.66. The Morgan fingerprint density at radius 2 is 2.05 bits per heavy atom. The van der Waals surface area contributed by atoms with E-state index in [2.05, 4.69) is 20.9 Å². The van der Waals surface area contributed by atoms with E-state index in [0.29, 0.717) is 18.9 Å². The molecule has 0 fully saturated rings. The van der Waals surface area contributed by atoms with Crippen LogP contribution in [0, 0.1) is 0 Å². The highest BCUT2D eigenvalue weighted by Gasteiger charge is 2.04. The molecule has 0 spiro atoms. The number of carbonyl (C=O) groups excluding carboxylic acids is 1. The molecule has 1 heterocycles. The summed E-state index contributed by atoms with van der Waals surface area (Å²) in [5, 5.41) is 9.12. The lowest BCUT2D eigenvalue weighted by Gasteiger charge is -2.12. The van der Waals surface area contributed by atoms with Crippen LogP contribution in [0.25, 0.3) is 0 Å². The number of amides is 1. The van der Waals surface area contributed by atoms with E-state index in [1.807, 2.05) is 26.0 Å². The maximum Gasteiger partial charge on any atom is 0.221 e. The Bertz CT molecular complexity index is 419. The fraction of sp³-hybridized carbons (Fsp3) is 0.571. The Balaban J connectivity index is 0.00000400. The predicted octanol–water partition coefficient (Wildman–Crippen LogP) is 1.52. The van der Waals surface area contributed by atoms with Crippen molar-refractivity contribution in [3.8, 4) is 0 Å². The first kappa shape index (κ1) is 19.8. The molecule has 0 saturated carbocycles. The molecule has 3 N–H and O–H groups in total. The topological polar surface area (TPSA) is 78.7 Å². The van der Waals surface area contributed by atoms with Crippen molar-refractivity contribution in [2.45, 2.75) is 32.7 Å². The molecule has 0 aliphatic carbocycles. The van der Waals surface area contributed by atoms with Crippen LogP contribution in [0.3, 0.4) is 0 Å². The van der Waals surface area contributed by atoms with Crippen LogP contribution in [-0.4, -0.2) is 38.0 Å². The Kier molecular flexibility index (Phi) is 10.7. The molecular formula is C14H25IN4O2. The van der Waals surface area contributed by atoms with Crippen LogP contribution in [0.5, 0.6) is 0 Å². The van der Waals surface area contributed by atoms with Crippen molar-refractivity contribution in [2.24, 2.45) is 4.99 Å². The first-order chi connectivity index (χ1) is 9.61. The Labute approximate surface area is 143 Å². The van der Waals surface area contributed by atoms with Crippen molar-refractivity contribution in [2.75, 3.05) is 20.1 Å². The van der Waals surface area contributed by atoms with Crippen LogP contribution in [-0.2, 0) is 11.2 Å². The summed E-state index contributed by atoms with van der Waals surface area (Å²) < 4.78 is 5.25. The largest absolute Gasteiger partial charge is 0.469 e. The van der Waals surface area contributed by atoms with Crippen molar-refractivity contribution in [3.63, 3.8) is 0 Å². The molecule has 0 radical (unpaired) electrons. The van der Waals surface area contributed by atoms with Gasteiger partial charge in [0.15, 0.2) is 5.96 Å². The van der Waals surface area contributed by atoms with Gasteiger partial charge in [-0.05, 0) is 26.0 Å². The quantitative estimate of drug-likeness (QED) is 0.363. The van der Waals surface area contributed by atoms with Gasteiger partial charge in [0.25, 0.3) is 0 Å². The third-order valence-electron chi connectivity index (χ3n) is 2.56.